The molecular weight excluding hydrogens is 331 g/mol. The van der Waals surface area contributed by atoms with Crippen LogP contribution in [0.5, 0.6) is 0 Å². The molecule has 0 fully saturated rings. The van der Waals surface area contributed by atoms with E-state index >= 15 is 0 Å². The van der Waals surface area contributed by atoms with E-state index in [-0.39, 0.29) is 34.1 Å². The second-order valence-corrected chi connectivity index (χ2v) is 3.72. The number of nitrogens with one attached hydrogen (secondary N) is 2. The van der Waals surface area contributed by atoms with Crippen LogP contribution in [0.25, 0.3) is 0 Å². The van der Waals surface area contributed by atoms with Crippen LogP contribution >= 0.6 is 0 Å². The Morgan fingerprint density at radius 3 is 1.06 bits per heavy atom. The Kier molecular flexibility index (Phi) is 8.85. The molecular formula is C10H18Cu2N6. The molecule has 0 saturated heterocycles. The monoisotopic (exact) mass is 348 g/mol. The quantitative estimate of drug-likeness (QED) is 0.536. The van der Waals surface area contributed by atoms with Crippen LogP contribution in [-0.2, 0) is 34.1 Å². The predicted octanol–water partition coefficient (Wildman–Crippen LogP) is 1.21. The van der Waals surface area contributed by atoms with Gasteiger partial charge in [-0.2, -0.15) is 10.2 Å². The van der Waals surface area contributed by atoms with Crippen molar-refractivity contribution in [3.8, 4) is 0 Å². The number of aromatic amines is 2. The SMILES string of the molecule is Cc1[nH]nc(N)c1C.Cc1[nH]nc(N)c1C.[Cu].[Cu]. The van der Waals surface area contributed by atoms with Crippen LogP contribution in [-0.4, -0.2) is 20.4 Å². The first-order valence-electron chi connectivity index (χ1n) is 4.97. The fraction of sp³-hybridized carbons (Fsp3) is 0.400. The van der Waals surface area contributed by atoms with Crippen molar-refractivity contribution in [1.29, 1.82) is 0 Å². The average molecular weight is 349 g/mol. The van der Waals surface area contributed by atoms with Gasteiger partial charge in [-0.25, -0.2) is 0 Å². The molecule has 2 aromatic rings. The summed E-state index contributed by atoms with van der Waals surface area (Å²) >= 11 is 0. The van der Waals surface area contributed by atoms with Gasteiger partial charge in [0.05, 0.1) is 0 Å². The molecule has 0 unspecified atom stereocenters. The van der Waals surface area contributed by atoms with Crippen LogP contribution in [0.4, 0.5) is 11.6 Å². The maximum Gasteiger partial charge on any atom is 0.148 e. The standard InChI is InChI=1S/2C5H9N3.2Cu/c2*1-3-4(2)7-8-5(3)6;;/h2*1-2H3,(H3,6,7,8);;. The molecule has 110 valence electrons. The van der Waals surface area contributed by atoms with Crippen molar-refractivity contribution in [2.45, 2.75) is 27.7 Å². The molecule has 2 aromatic heterocycles. The Morgan fingerprint density at radius 1 is 0.722 bits per heavy atom. The second kappa shape index (κ2) is 8.21. The molecule has 2 rings (SSSR count). The van der Waals surface area contributed by atoms with Gasteiger partial charge in [-0.3, -0.25) is 10.2 Å². The van der Waals surface area contributed by atoms with Gasteiger partial charge in [0.2, 0.25) is 0 Å². The van der Waals surface area contributed by atoms with Gasteiger partial charge in [-0.15, -0.1) is 0 Å². The number of nitrogens with zero attached hydrogens (tertiary/aromatic N) is 2. The molecule has 0 bridgehead atoms. The first-order chi connectivity index (χ1) is 7.43. The third-order valence-corrected chi connectivity index (χ3v) is 2.58. The zero-order valence-electron chi connectivity index (χ0n) is 10.7. The van der Waals surface area contributed by atoms with E-state index in [1.165, 1.54) is 0 Å². The summed E-state index contributed by atoms with van der Waals surface area (Å²) in [5, 5.41) is 13.1. The Morgan fingerprint density at radius 2 is 1.00 bits per heavy atom. The maximum atomic E-state index is 5.40. The third kappa shape index (κ3) is 4.74. The Labute approximate surface area is 128 Å². The first kappa shape index (κ1) is 19.4. The van der Waals surface area contributed by atoms with Crippen LogP contribution < -0.4 is 11.5 Å². The van der Waals surface area contributed by atoms with E-state index in [4.69, 9.17) is 11.5 Å². The molecule has 0 spiro atoms. The van der Waals surface area contributed by atoms with Crippen molar-refractivity contribution in [3.63, 3.8) is 0 Å². The van der Waals surface area contributed by atoms with Gasteiger partial charge in [-0.05, 0) is 27.7 Å². The Balaban J connectivity index is 0. The number of aromatic nitrogens is 4. The van der Waals surface area contributed by atoms with Gasteiger partial charge in [0.25, 0.3) is 0 Å². The fourth-order valence-electron chi connectivity index (χ4n) is 1.01. The number of rotatable bonds is 0. The molecule has 0 atom stereocenters. The van der Waals surface area contributed by atoms with Gasteiger partial charge in [0.15, 0.2) is 0 Å². The van der Waals surface area contributed by atoms with Crippen molar-refractivity contribution in [2.24, 2.45) is 0 Å². The smallest absolute Gasteiger partial charge is 0.148 e. The van der Waals surface area contributed by atoms with E-state index in [1.807, 2.05) is 27.7 Å². The minimum Gasteiger partial charge on any atom is -0.382 e. The number of hydrogen-bond acceptors (Lipinski definition) is 4. The second-order valence-electron chi connectivity index (χ2n) is 3.72. The Bertz CT molecular complexity index is 393. The molecule has 2 heterocycles. The topological polar surface area (TPSA) is 109 Å². The van der Waals surface area contributed by atoms with Gasteiger partial charge < -0.3 is 11.5 Å². The van der Waals surface area contributed by atoms with Crippen LogP contribution in [0, 0.1) is 27.7 Å². The number of anilines is 2. The molecule has 0 aliphatic heterocycles. The Hall–Kier alpha value is -0.941. The number of H-pyrrole nitrogens is 2. The van der Waals surface area contributed by atoms with Crippen molar-refractivity contribution in [1.82, 2.24) is 20.4 Å². The van der Waals surface area contributed by atoms with E-state index in [0.717, 1.165) is 22.5 Å². The van der Waals surface area contributed by atoms with E-state index in [2.05, 4.69) is 20.4 Å². The fourth-order valence-corrected chi connectivity index (χ4v) is 1.01. The molecule has 2 radical (unpaired) electrons. The van der Waals surface area contributed by atoms with E-state index in [0.29, 0.717) is 11.6 Å². The molecule has 18 heavy (non-hydrogen) atoms. The molecule has 8 heteroatoms. The number of nitrogens with two attached hydrogens (primary N) is 2. The van der Waals surface area contributed by atoms with E-state index in [9.17, 15) is 0 Å². The number of aryl methyl sites for hydroxylation is 2. The van der Waals surface area contributed by atoms with Crippen LogP contribution in [0.3, 0.4) is 0 Å². The largest absolute Gasteiger partial charge is 0.382 e. The molecule has 6 nitrogen and oxygen atoms in total. The molecule has 0 aliphatic carbocycles. The van der Waals surface area contributed by atoms with Gasteiger partial charge in [0.1, 0.15) is 11.6 Å². The summed E-state index contributed by atoms with van der Waals surface area (Å²) in [7, 11) is 0. The summed E-state index contributed by atoms with van der Waals surface area (Å²) < 4.78 is 0. The normalized spacial score (nSPS) is 8.67. The summed E-state index contributed by atoms with van der Waals surface area (Å²) in [6, 6.07) is 0. The first-order valence-corrected chi connectivity index (χ1v) is 4.97. The van der Waals surface area contributed by atoms with Gasteiger partial charge in [-0.1, -0.05) is 0 Å². The predicted molar refractivity (Wildman–Crippen MR) is 64.9 cm³/mol. The summed E-state index contributed by atoms with van der Waals surface area (Å²) in [5.41, 5.74) is 15.0. The van der Waals surface area contributed by atoms with Gasteiger partial charge in [0, 0.05) is 56.7 Å². The van der Waals surface area contributed by atoms with Crippen molar-refractivity contribution >= 4 is 11.6 Å². The summed E-state index contributed by atoms with van der Waals surface area (Å²) in [5.74, 6) is 1.20. The van der Waals surface area contributed by atoms with Gasteiger partial charge >= 0.3 is 0 Å². The summed E-state index contributed by atoms with van der Waals surface area (Å²) in [4.78, 5) is 0. The third-order valence-electron chi connectivity index (χ3n) is 2.58. The molecule has 0 aromatic carbocycles. The number of nitrogen functional groups attached to an aromatic ring is 2. The summed E-state index contributed by atoms with van der Waals surface area (Å²) in [6.07, 6.45) is 0. The minimum atomic E-state index is 0. The van der Waals surface area contributed by atoms with Crippen molar-refractivity contribution < 1.29 is 34.1 Å². The van der Waals surface area contributed by atoms with Crippen LogP contribution in [0.2, 0.25) is 0 Å². The number of hydrogen-bond donors (Lipinski definition) is 4. The van der Waals surface area contributed by atoms with Crippen molar-refractivity contribution in [3.05, 3.63) is 22.5 Å². The zero-order chi connectivity index (χ0) is 12.3. The van der Waals surface area contributed by atoms with Crippen molar-refractivity contribution in [2.75, 3.05) is 11.5 Å². The molecule has 0 amide bonds. The van der Waals surface area contributed by atoms with E-state index in [1.54, 1.807) is 0 Å². The minimum absolute atomic E-state index is 0. The summed E-state index contributed by atoms with van der Waals surface area (Å²) in [6.45, 7) is 7.76. The average Bonchev–Trinajstić information content (AvgIpc) is 2.70. The van der Waals surface area contributed by atoms with Crippen LogP contribution in [0.1, 0.15) is 22.5 Å². The zero-order valence-corrected chi connectivity index (χ0v) is 12.5. The van der Waals surface area contributed by atoms with E-state index < -0.39 is 0 Å². The molecule has 0 aliphatic rings. The van der Waals surface area contributed by atoms with Crippen LogP contribution in [0.15, 0.2) is 0 Å². The molecule has 6 N–H and O–H groups in total. The maximum absolute atomic E-state index is 5.40. The molecule has 0 saturated carbocycles.